The minimum absolute atomic E-state index is 0.167. The lowest BCUT2D eigenvalue weighted by Crippen LogP contribution is -2.38. The molecule has 0 saturated carbocycles. The first-order valence-corrected chi connectivity index (χ1v) is 13.3. The first kappa shape index (κ1) is 25.5. The molecule has 182 valence electrons. The van der Waals surface area contributed by atoms with Gasteiger partial charge in [-0.05, 0) is 62.9 Å². The largest absolute Gasteiger partial charge is 0.337 e. The summed E-state index contributed by atoms with van der Waals surface area (Å²) in [6, 6.07) is 9.21. The highest BCUT2D eigenvalue weighted by molar-refractivity contribution is 5.97. The second-order valence-electron chi connectivity index (χ2n) is 9.28. The molecule has 0 radical (unpaired) electrons. The van der Waals surface area contributed by atoms with E-state index in [1.54, 1.807) is 0 Å². The highest BCUT2D eigenvalue weighted by Crippen LogP contribution is 2.26. The molecule has 2 heterocycles. The van der Waals surface area contributed by atoms with E-state index in [2.05, 4.69) is 68.7 Å². The van der Waals surface area contributed by atoms with Gasteiger partial charge < -0.3 is 4.90 Å². The molecule has 0 bridgehead atoms. The normalized spacial score (nSPS) is 16.2. The molecule has 33 heavy (non-hydrogen) atoms. The van der Waals surface area contributed by atoms with Gasteiger partial charge in [-0.3, -0.25) is 9.69 Å². The molecule has 1 aromatic heterocycles. The smallest absolute Gasteiger partial charge is 0.257 e. The van der Waals surface area contributed by atoms with Gasteiger partial charge in [-0.2, -0.15) is 5.10 Å². The van der Waals surface area contributed by atoms with Crippen LogP contribution in [0, 0.1) is 0 Å². The van der Waals surface area contributed by atoms with Gasteiger partial charge >= 0.3 is 0 Å². The summed E-state index contributed by atoms with van der Waals surface area (Å²) in [7, 11) is 0. The quantitative estimate of drug-likeness (QED) is 0.389. The number of carbonyl (C=O) groups is 1. The Balaban J connectivity index is 1.86. The topological polar surface area (TPSA) is 41.4 Å². The monoisotopic (exact) mass is 452 g/mol. The maximum atomic E-state index is 13.7. The molecule has 1 aliphatic rings. The van der Waals surface area contributed by atoms with Gasteiger partial charge in [-0.25, -0.2) is 4.68 Å². The second-order valence-corrected chi connectivity index (χ2v) is 9.28. The molecule has 0 N–H and O–H groups in total. The zero-order valence-electron chi connectivity index (χ0n) is 21.6. The van der Waals surface area contributed by atoms with E-state index in [9.17, 15) is 4.79 Å². The van der Waals surface area contributed by atoms with Crippen LogP contribution in [-0.2, 0) is 19.3 Å². The molecule has 0 spiro atoms. The highest BCUT2D eigenvalue weighted by Gasteiger charge is 2.33. The summed E-state index contributed by atoms with van der Waals surface area (Å²) < 4.78 is 2.04. The van der Waals surface area contributed by atoms with E-state index in [1.165, 1.54) is 31.2 Å². The van der Waals surface area contributed by atoms with Crippen LogP contribution in [0.15, 0.2) is 24.3 Å². The Morgan fingerprint density at radius 2 is 1.85 bits per heavy atom. The van der Waals surface area contributed by atoms with Gasteiger partial charge in [0, 0.05) is 19.1 Å². The van der Waals surface area contributed by atoms with Crippen molar-refractivity contribution in [2.75, 3.05) is 26.2 Å². The highest BCUT2D eigenvalue weighted by atomic mass is 16.2. The van der Waals surface area contributed by atoms with Gasteiger partial charge in [-0.15, -0.1) is 0 Å². The predicted molar refractivity (Wildman–Crippen MR) is 137 cm³/mol. The van der Waals surface area contributed by atoms with E-state index in [0.717, 1.165) is 74.5 Å². The van der Waals surface area contributed by atoms with Crippen molar-refractivity contribution in [2.45, 2.75) is 92.0 Å². The zero-order valence-corrected chi connectivity index (χ0v) is 21.6. The summed E-state index contributed by atoms with van der Waals surface area (Å²) in [5, 5.41) is 4.96. The van der Waals surface area contributed by atoms with Crippen LogP contribution in [0.3, 0.4) is 0 Å². The summed E-state index contributed by atoms with van der Waals surface area (Å²) in [6.07, 6.45) is 8.79. The number of aryl methyl sites for hydroxylation is 2. The Morgan fingerprint density at radius 3 is 2.52 bits per heavy atom. The third-order valence-corrected chi connectivity index (χ3v) is 7.19. The molecule has 0 aliphatic carbocycles. The molecule has 1 aromatic carbocycles. The molecule has 2 aromatic rings. The summed E-state index contributed by atoms with van der Waals surface area (Å²) in [5.41, 5.74) is 5.25. The standard InChI is InChI=1S/C28H44N4O/c1-6-11-12-13-15-22-16-14-17-23(20-22)32-26(8-3)27(25(7-2)29-32)28(33)31-19-18-24(21-31)30(9-4)10-5/h14,16-17,20,24H,6-13,15,18-19,21H2,1-5H3. The molecule has 1 fully saturated rings. The minimum Gasteiger partial charge on any atom is -0.337 e. The van der Waals surface area contributed by atoms with Gasteiger partial charge in [0.25, 0.3) is 5.91 Å². The molecular formula is C28H44N4O. The van der Waals surface area contributed by atoms with Gasteiger partial charge in [0.05, 0.1) is 22.6 Å². The van der Waals surface area contributed by atoms with Crippen molar-refractivity contribution in [1.82, 2.24) is 19.6 Å². The summed E-state index contributed by atoms with van der Waals surface area (Å²) in [6.45, 7) is 14.7. The second kappa shape index (κ2) is 12.4. The SMILES string of the molecule is CCCCCCc1cccc(-n2nc(CC)c(C(=O)N3CCC(N(CC)CC)C3)c2CC)c1. The number of unbranched alkanes of at least 4 members (excludes halogenated alkanes) is 3. The lowest BCUT2D eigenvalue weighted by molar-refractivity contribution is 0.0776. The van der Waals surface area contributed by atoms with Crippen molar-refractivity contribution in [1.29, 1.82) is 0 Å². The lowest BCUT2D eigenvalue weighted by atomic mass is 10.1. The average molecular weight is 453 g/mol. The van der Waals surface area contributed by atoms with Gasteiger partial charge in [0.1, 0.15) is 0 Å². The van der Waals surface area contributed by atoms with E-state index in [-0.39, 0.29) is 5.91 Å². The number of likely N-dealkylation sites (tertiary alicyclic amines) is 1. The molecule has 1 unspecified atom stereocenters. The molecule has 3 rings (SSSR count). The van der Waals surface area contributed by atoms with Crippen molar-refractivity contribution < 1.29 is 4.79 Å². The molecule has 1 atom stereocenters. The summed E-state index contributed by atoms with van der Waals surface area (Å²) in [4.78, 5) is 18.3. The number of rotatable bonds is 12. The Hall–Kier alpha value is -2.14. The first-order valence-electron chi connectivity index (χ1n) is 13.3. The molecular weight excluding hydrogens is 408 g/mol. The third-order valence-electron chi connectivity index (χ3n) is 7.19. The van der Waals surface area contributed by atoms with Crippen molar-refractivity contribution in [2.24, 2.45) is 0 Å². The van der Waals surface area contributed by atoms with Crippen LogP contribution in [-0.4, -0.2) is 57.7 Å². The van der Waals surface area contributed by atoms with Gasteiger partial charge in [-0.1, -0.05) is 66.0 Å². The lowest BCUT2D eigenvalue weighted by Gasteiger charge is -2.26. The van der Waals surface area contributed by atoms with E-state index in [1.807, 2.05) is 4.68 Å². The molecule has 1 saturated heterocycles. The van der Waals surface area contributed by atoms with Crippen molar-refractivity contribution >= 4 is 5.91 Å². The number of hydrogen-bond acceptors (Lipinski definition) is 3. The Bertz CT molecular complexity index is 899. The minimum atomic E-state index is 0.167. The maximum absolute atomic E-state index is 13.7. The number of carbonyl (C=O) groups excluding carboxylic acids is 1. The Morgan fingerprint density at radius 1 is 1.06 bits per heavy atom. The summed E-state index contributed by atoms with van der Waals surface area (Å²) >= 11 is 0. The third kappa shape index (κ3) is 5.87. The van der Waals surface area contributed by atoms with E-state index >= 15 is 0 Å². The van der Waals surface area contributed by atoms with Crippen LogP contribution in [0.2, 0.25) is 0 Å². The van der Waals surface area contributed by atoms with E-state index in [0.29, 0.717) is 6.04 Å². The van der Waals surface area contributed by atoms with Gasteiger partial charge in [0.2, 0.25) is 0 Å². The average Bonchev–Trinajstić information content (AvgIpc) is 3.47. The number of benzene rings is 1. The predicted octanol–water partition coefficient (Wildman–Crippen LogP) is 5.68. The fourth-order valence-electron chi connectivity index (χ4n) is 5.26. The first-order chi connectivity index (χ1) is 16.1. The van der Waals surface area contributed by atoms with E-state index in [4.69, 9.17) is 5.10 Å². The fourth-order valence-corrected chi connectivity index (χ4v) is 5.26. The Labute approximate surface area is 201 Å². The molecule has 5 heteroatoms. The van der Waals surface area contributed by atoms with Crippen LogP contribution in [0.25, 0.3) is 5.69 Å². The Kier molecular flexibility index (Phi) is 9.54. The van der Waals surface area contributed by atoms with Crippen molar-refractivity contribution in [3.8, 4) is 5.69 Å². The molecule has 5 nitrogen and oxygen atoms in total. The zero-order chi connectivity index (χ0) is 23.8. The number of amides is 1. The molecule has 1 aliphatic heterocycles. The van der Waals surface area contributed by atoms with Crippen LogP contribution in [0.4, 0.5) is 0 Å². The van der Waals surface area contributed by atoms with Crippen molar-refractivity contribution in [3.63, 3.8) is 0 Å². The van der Waals surface area contributed by atoms with Crippen molar-refractivity contribution in [3.05, 3.63) is 46.8 Å². The number of aromatic nitrogens is 2. The van der Waals surface area contributed by atoms with Crippen LogP contribution in [0.1, 0.15) is 94.0 Å². The van der Waals surface area contributed by atoms with Crippen LogP contribution < -0.4 is 0 Å². The number of hydrogen-bond donors (Lipinski definition) is 0. The molecule has 1 amide bonds. The maximum Gasteiger partial charge on any atom is 0.257 e. The number of likely N-dealkylation sites (N-methyl/N-ethyl adjacent to an activating group) is 1. The fraction of sp³-hybridized carbons (Fsp3) is 0.643. The van der Waals surface area contributed by atoms with E-state index < -0.39 is 0 Å². The summed E-state index contributed by atoms with van der Waals surface area (Å²) in [5.74, 6) is 0.167. The van der Waals surface area contributed by atoms with Crippen LogP contribution >= 0.6 is 0 Å². The van der Waals surface area contributed by atoms with Gasteiger partial charge in [0.15, 0.2) is 0 Å². The number of nitrogens with zero attached hydrogens (tertiary/aromatic N) is 4. The van der Waals surface area contributed by atoms with Crippen LogP contribution in [0.5, 0.6) is 0 Å².